The number of methoxy groups -OCH3 is 1. The number of hydrogen-bond donors (Lipinski definition) is 3. The monoisotopic (exact) mass is 243 g/mol. The van der Waals surface area contributed by atoms with Crippen molar-refractivity contribution in [3.63, 3.8) is 0 Å². The second-order valence-electron chi connectivity index (χ2n) is 3.02. The van der Waals surface area contributed by atoms with Crippen molar-refractivity contribution in [1.29, 1.82) is 0 Å². The Balaban J connectivity index is 2.29. The average molecular weight is 243 g/mol. The molecule has 1 heterocycles. The smallest absolute Gasteiger partial charge is 0.277 e. The van der Waals surface area contributed by atoms with Gasteiger partial charge in [-0.3, -0.25) is 9.59 Å². The highest BCUT2D eigenvalue weighted by Crippen LogP contribution is 2.02. The Bertz CT molecular complexity index is 391. The van der Waals surface area contributed by atoms with Gasteiger partial charge in [-0.25, -0.2) is 4.63 Å². The highest BCUT2D eigenvalue weighted by molar-refractivity contribution is 5.97. The van der Waals surface area contributed by atoms with Crippen molar-refractivity contribution in [1.82, 2.24) is 20.9 Å². The summed E-state index contributed by atoms with van der Waals surface area (Å²) < 4.78 is 8.99. The number of hydrogen-bond acceptors (Lipinski definition) is 7. The highest BCUT2D eigenvalue weighted by Gasteiger charge is 2.16. The van der Waals surface area contributed by atoms with Gasteiger partial charge in [0.05, 0.1) is 13.2 Å². The summed E-state index contributed by atoms with van der Waals surface area (Å²) in [4.78, 5) is 22.6. The number of nitrogens with zero attached hydrogens (tertiary/aromatic N) is 2. The van der Waals surface area contributed by atoms with E-state index in [0.29, 0.717) is 13.2 Å². The molecule has 0 aromatic carbocycles. The van der Waals surface area contributed by atoms with E-state index in [4.69, 9.17) is 10.5 Å². The molecule has 0 spiro atoms. The lowest BCUT2D eigenvalue weighted by atomic mass is 10.4. The molecule has 0 radical (unpaired) electrons. The molecule has 1 aromatic heterocycles. The van der Waals surface area contributed by atoms with Gasteiger partial charge in [0.1, 0.15) is 0 Å². The van der Waals surface area contributed by atoms with Gasteiger partial charge in [-0.1, -0.05) is 0 Å². The molecule has 0 aliphatic carbocycles. The fourth-order valence-corrected chi connectivity index (χ4v) is 0.952. The van der Waals surface area contributed by atoms with Gasteiger partial charge in [-0.2, -0.15) is 0 Å². The van der Waals surface area contributed by atoms with E-state index in [1.54, 1.807) is 0 Å². The summed E-state index contributed by atoms with van der Waals surface area (Å²) in [5, 5.41) is 11.4. The molecule has 0 bridgehead atoms. The normalized spacial score (nSPS) is 9.94. The third-order valence-electron chi connectivity index (χ3n) is 1.77. The van der Waals surface area contributed by atoms with Gasteiger partial charge in [-0.05, 0) is 10.3 Å². The SMILES string of the molecule is COCCNC(=O)CNC(=O)c1nonc1N. The first-order chi connectivity index (χ1) is 8.15. The van der Waals surface area contributed by atoms with Gasteiger partial charge in [0.2, 0.25) is 17.4 Å². The summed E-state index contributed by atoms with van der Waals surface area (Å²) in [6.45, 7) is 0.591. The van der Waals surface area contributed by atoms with Gasteiger partial charge in [0.15, 0.2) is 0 Å². The van der Waals surface area contributed by atoms with Crippen LogP contribution in [0.25, 0.3) is 0 Å². The molecule has 0 saturated heterocycles. The Kier molecular flexibility index (Phi) is 4.88. The zero-order valence-corrected chi connectivity index (χ0v) is 9.23. The number of nitrogens with one attached hydrogen (secondary N) is 2. The number of rotatable bonds is 6. The molecule has 1 rings (SSSR count). The van der Waals surface area contributed by atoms with Crippen LogP contribution in [-0.4, -0.2) is 48.9 Å². The van der Waals surface area contributed by atoms with E-state index in [9.17, 15) is 9.59 Å². The zero-order chi connectivity index (χ0) is 12.7. The number of ether oxygens (including phenoxy) is 1. The Morgan fingerprint density at radius 1 is 1.41 bits per heavy atom. The van der Waals surface area contributed by atoms with Crippen LogP contribution in [0.5, 0.6) is 0 Å². The van der Waals surface area contributed by atoms with Gasteiger partial charge >= 0.3 is 0 Å². The van der Waals surface area contributed by atoms with Crippen LogP contribution in [0.4, 0.5) is 5.82 Å². The summed E-state index contributed by atoms with van der Waals surface area (Å²) in [5.41, 5.74) is 5.16. The minimum absolute atomic E-state index is 0.123. The predicted molar refractivity (Wildman–Crippen MR) is 55.9 cm³/mol. The molecule has 1 aromatic rings. The lowest BCUT2D eigenvalue weighted by Gasteiger charge is -2.04. The van der Waals surface area contributed by atoms with Crippen LogP contribution in [-0.2, 0) is 9.53 Å². The maximum Gasteiger partial charge on any atom is 0.277 e. The minimum atomic E-state index is -0.620. The van der Waals surface area contributed by atoms with Crippen LogP contribution < -0.4 is 16.4 Å². The van der Waals surface area contributed by atoms with Crippen molar-refractivity contribution < 1.29 is 19.0 Å². The van der Waals surface area contributed by atoms with Crippen molar-refractivity contribution in [3.05, 3.63) is 5.69 Å². The van der Waals surface area contributed by atoms with E-state index in [1.807, 2.05) is 0 Å². The van der Waals surface area contributed by atoms with Gasteiger partial charge < -0.3 is 21.1 Å². The molecule has 0 saturated carbocycles. The molecule has 94 valence electrons. The summed E-state index contributed by atoms with van der Waals surface area (Å²) in [7, 11) is 1.52. The van der Waals surface area contributed by atoms with Gasteiger partial charge in [-0.15, -0.1) is 0 Å². The Hall–Kier alpha value is -2.16. The molecule has 0 atom stereocenters. The van der Waals surface area contributed by atoms with Crippen LogP contribution in [0, 0.1) is 0 Å². The van der Waals surface area contributed by atoms with Gasteiger partial charge in [0, 0.05) is 13.7 Å². The fraction of sp³-hybridized carbons (Fsp3) is 0.500. The molecular weight excluding hydrogens is 230 g/mol. The van der Waals surface area contributed by atoms with E-state index in [-0.39, 0.29) is 24.0 Å². The molecule has 0 aliphatic rings. The topological polar surface area (TPSA) is 132 Å². The Morgan fingerprint density at radius 3 is 2.76 bits per heavy atom. The van der Waals surface area contributed by atoms with Crippen LogP contribution in [0.1, 0.15) is 10.5 Å². The molecule has 2 amide bonds. The second-order valence-corrected chi connectivity index (χ2v) is 3.02. The van der Waals surface area contributed by atoms with Crippen molar-refractivity contribution in [2.75, 3.05) is 32.5 Å². The van der Waals surface area contributed by atoms with E-state index in [1.165, 1.54) is 7.11 Å². The third-order valence-corrected chi connectivity index (χ3v) is 1.77. The number of nitrogens with two attached hydrogens (primary N) is 1. The summed E-state index contributed by atoms with van der Waals surface area (Å²) >= 11 is 0. The number of nitrogen functional groups attached to an aromatic ring is 1. The van der Waals surface area contributed by atoms with E-state index >= 15 is 0 Å². The van der Waals surface area contributed by atoms with Crippen LogP contribution in [0.15, 0.2) is 4.63 Å². The summed E-state index contributed by atoms with van der Waals surface area (Å²) in [6.07, 6.45) is 0. The molecule has 0 fully saturated rings. The van der Waals surface area contributed by atoms with E-state index < -0.39 is 5.91 Å². The number of aromatic nitrogens is 2. The molecule has 9 nitrogen and oxygen atoms in total. The standard InChI is InChI=1S/C8H13N5O4/c1-16-3-2-10-5(14)4-11-8(15)6-7(9)13-17-12-6/h2-4H2,1H3,(H2,9,13)(H,10,14)(H,11,15). The minimum Gasteiger partial charge on any atom is -0.383 e. The summed E-state index contributed by atoms with van der Waals surface area (Å²) in [5.74, 6) is -1.08. The largest absolute Gasteiger partial charge is 0.383 e. The number of carbonyl (C=O) groups is 2. The van der Waals surface area contributed by atoms with Crippen LogP contribution >= 0.6 is 0 Å². The number of amides is 2. The summed E-state index contributed by atoms with van der Waals surface area (Å²) in [6, 6.07) is 0. The number of anilines is 1. The van der Waals surface area contributed by atoms with Crippen LogP contribution in [0.3, 0.4) is 0 Å². The first-order valence-corrected chi connectivity index (χ1v) is 4.77. The highest BCUT2D eigenvalue weighted by atomic mass is 16.6. The second kappa shape index (κ2) is 6.43. The van der Waals surface area contributed by atoms with Crippen LogP contribution in [0.2, 0.25) is 0 Å². The Morgan fingerprint density at radius 2 is 2.18 bits per heavy atom. The van der Waals surface area contributed by atoms with E-state index in [0.717, 1.165) is 0 Å². The van der Waals surface area contributed by atoms with Gasteiger partial charge in [0.25, 0.3) is 5.91 Å². The maximum atomic E-state index is 11.4. The third kappa shape index (κ3) is 4.07. The lowest BCUT2D eigenvalue weighted by Crippen LogP contribution is -2.38. The number of carbonyl (C=O) groups excluding carboxylic acids is 2. The fourth-order valence-electron chi connectivity index (χ4n) is 0.952. The van der Waals surface area contributed by atoms with Crippen molar-refractivity contribution >= 4 is 17.6 Å². The quantitative estimate of drug-likeness (QED) is 0.499. The first-order valence-electron chi connectivity index (χ1n) is 4.77. The van der Waals surface area contributed by atoms with Crippen molar-refractivity contribution in [3.8, 4) is 0 Å². The van der Waals surface area contributed by atoms with Crippen molar-refractivity contribution in [2.24, 2.45) is 0 Å². The molecule has 4 N–H and O–H groups in total. The molecule has 9 heteroatoms. The van der Waals surface area contributed by atoms with Crippen molar-refractivity contribution in [2.45, 2.75) is 0 Å². The zero-order valence-electron chi connectivity index (χ0n) is 9.23. The molecule has 0 aliphatic heterocycles. The predicted octanol–water partition coefficient (Wildman–Crippen LogP) is -1.86. The average Bonchev–Trinajstić information content (AvgIpc) is 2.73. The Labute approximate surface area is 96.6 Å². The maximum absolute atomic E-state index is 11.4. The first kappa shape index (κ1) is 12.9. The molecular formula is C8H13N5O4. The molecule has 0 unspecified atom stereocenters. The molecule has 17 heavy (non-hydrogen) atoms. The lowest BCUT2D eigenvalue weighted by molar-refractivity contribution is -0.120. The van der Waals surface area contributed by atoms with E-state index in [2.05, 4.69) is 25.6 Å².